The van der Waals surface area contributed by atoms with Crippen LogP contribution < -0.4 is 0 Å². The van der Waals surface area contributed by atoms with Crippen LogP contribution in [0.4, 0.5) is 0 Å². The predicted octanol–water partition coefficient (Wildman–Crippen LogP) is 4.46. The number of amides is 1. The Bertz CT molecular complexity index is 983. The molecule has 0 aliphatic carbocycles. The van der Waals surface area contributed by atoms with Gasteiger partial charge in [-0.05, 0) is 61.2 Å². The first kappa shape index (κ1) is 17.7. The van der Waals surface area contributed by atoms with Crippen molar-refractivity contribution in [3.05, 3.63) is 65.9 Å². The van der Waals surface area contributed by atoms with Gasteiger partial charge in [-0.3, -0.25) is 9.78 Å². The lowest BCUT2D eigenvalue weighted by atomic mass is 10.0. The molecule has 27 heavy (non-hydrogen) atoms. The molecule has 0 saturated carbocycles. The van der Waals surface area contributed by atoms with Gasteiger partial charge in [0.25, 0.3) is 5.91 Å². The maximum Gasteiger partial charge on any atom is 0.254 e. The minimum Gasteiger partial charge on any atom is -0.383 e. The molecule has 1 fully saturated rings. The minimum atomic E-state index is 0.0921. The van der Waals surface area contributed by atoms with Crippen molar-refractivity contribution in [2.24, 2.45) is 0 Å². The molecule has 138 valence electrons. The molecule has 4 heteroatoms. The van der Waals surface area contributed by atoms with Crippen LogP contribution in [0.5, 0.6) is 0 Å². The summed E-state index contributed by atoms with van der Waals surface area (Å²) < 4.78 is 5.28. The molecule has 1 saturated heterocycles. The van der Waals surface area contributed by atoms with Crippen LogP contribution in [0.1, 0.15) is 28.9 Å². The van der Waals surface area contributed by atoms with Crippen molar-refractivity contribution >= 4 is 16.8 Å². The number of fused-ring (bicyclic) bond motifs is 1. The number of benzene rings is 2. The van der Waals surface area contributed by atoms with Crippen LogP contribution in [-0.2, 0) is 4.74 Å². The number of carbonyl (C=O) groups excluding carboxylic acids is 1. The number of hydrogen-bond acceptors (Lipinski definition) is 3. The Morgan fingerprint density at radius 2 is 2.00 bits per heavy atom. The molecular formula is C23H24N2O2. The highest BCUT2D eigenvalue weighted by atomic mass is 16.5. The standard InChI is InChI=1S/C23H24N2O2/c1-16-8-9-19-13-18(10-11-22(19)24-16)17-5-3-6-20(14-17)23(26)25-12-4-7-21(25)15-27-2/h3,5-6,8-11,13-14,21H,4,7,12,15H2,1-2H3/t21-/m0/s1. The van der Waals surface area contributed by atoms with Gasteiger partial charge in [0.15, 0.2) is 0 Å². The summed E-state index contributed by atoms with van der Waals surface area (Å²) in [6.45, 7) is 3.40. The van der Waals surface area contributed by atoms with E-state index in [0.717, 1.165) is 52.7 Å². The van der Waals surface area contributed by atoms with Gasteiger partial charge in [-0.1, -0.05) is 24.3 Å². The molecule has 0 spiro atoms. The zero-order chi connectivity index (χ0) is 18.8. The summed E-state index contributed by atoms with van der Waals surface area (Å²) in [5.41, 5.74) is 4.88. The molecule has 0 bridgehead atoms. The van der Waals surface area contributed by atoms with Crippen LogP contribution in [0.25, 0.3) is 22.0 Å². The number of hydrogen-bond donors (Lipinski definition) is 0. The lowest BCUT2D eigenvalue weighted by Crippen LogP contribution is -2.38. The van der Waals surface area contributed by atoms with Gasteiger partial charge < -0.3 is 9.64 Å². The highest BCUT2D eigenvalue weighted by molar-refractivity contribution is 5.96. The maximum atomic E-state index is 13.0. The van der Waals surface area contributed by atoms with Crippen LogP contribution >= 0.6 is 0 Å². The Morgan fingerprint density at radius 3 is 2.85 bits per heavy atom. The number of aromatic nitrogens is 1. The molecule has 0 N–H and O–H groups in total. The Morgan fingerprint density at radius 1 is 1.15 bits per heavy atom. The topological polar surface area (TPSA) is 42.4 Å². The Labute approximate surface area is 159 Å². The molecular weight excluding hydrogens is 336 g/mol. The van der Waals surface area contributed by atoms with E-state index in [1.807, 2.05) is 42.2 Å². The zero-order valence-electron chi connectivity index (χ0n) is 15.8. The third-order valence-corrected chi connectivity index (χ3v) is 5.27. The van der Waals surface area contributed by atoms with E-state index in [4.69, 9.17) is 4.74 Å². The van der Waals surface area contributed by atoms with E-state index in [2.05, 4.69) is 29.2 Å². The average Bonchev–Trinajstić information content (AvgIpc) is 3.15. The fourth-order valence-corrected chi connectivity index (χ4v) is 3.87. The van der Waals surface area contributed by atoms with Crippen LogP contribution in [0.15, 0.2) is 54.6 Å². The van der Waals surface area contributed by atoms with Crippen molar-refractivity contribution in [3.63, 3.8) is 0 Å². The number of rotatable bonds is 4. The number of methoxy groups -OCH3 is 1. The molecule has 1 aromatic heterocycles. The summed E-state index contributed by atoms with van der Waals surface area (Å²) in [4.78, 5) is 19.5. The van der Waals surface area contributed by atoms with E-state index in [1.54, 1.807) is 7.11 Å². The monoisotopic (exact) mass is 360 g/mol. The van der Waals surface area contributed by atoms with Gasteiger partial charge in [-0.25, -0.2) is 0 Å². The lowest BCUT2D eigenvalue weighted by molar-refractivity contribution is 0.0630. The van der Waals surface area contributed by atoms with Crippen molar-refractivity contribution in [1.82, 2.24) is 9.88 Å². The molecule has 4 nitrogen and oxygen atoms in total. The number of carbonyl (C=O) groups is 1. The van der Waals surface area contributed by atoms with E-state index in [0.29, 0.717) is 6.61 Å². The predicted molar refractivity (Wildman–Crippen MR) is 108 cm³/mol. The second-order valence-corrected chi connectivity index (χ2v) is 7.19. The van der Waals surface area contributed by atoms with Gasteiger partial charge >= 0.3 is 0 Å². The normalized spacial score (nSPS) is 16.8. The van der Waals surface area contributed by atoms with Crippen LogP contribution in [0, 0.1) is 6.92 Å². The summed E-state index contributed by atoms with van der Waals surface area (Å²) in [6.07, 6.45) is 2.05. The summed E-state index contributed by atoms with van der Waals surface area (Å²) >= 11 is 0. The van der Waals surface area contributed by atoms with E-state index in [1.165, 1.54) is 0 Å². The number of aryl methyl sites for hydroxylation is 1. The van der Waals surface area contributed by atoms with E-state index in [9.17, 15) is 4.79 Å². The highest BCUT2D eigenvalue weighted by Gasteiger charge is 2.29. The summed E-state index contributed by atoms with van der Waals surface area (Å²) in [6, 6.07) is 18.5. The molecule has 2 aromatic carbocycles. The second-order valence-electron chi connectivity index (χ2n) is 7.19. The van der Waals surface area contributed by atoms with Gasteiger partial charge in [0, 0.05) is 30.3 Å². The van der Waals surface area contributed by atoms with E-state index in [-0.39, 0.29) is 11.9 Å². The van der Waals surface area contributed by atoms with Gasteiger partial charge in [0.1, 0.15) is 0 Å². The molecule has 1 amide bonds. The fraction of sp³-hybridized carbons (Fsp3) is 0.304. The Balaban J connectivity index is 1.64. The number of likely N-dealkylation sites (tertiary alicyclic amines) is 1. The third-order valence-electron chi connectivity index (χ3n) is 5.27. The minimum absolute atomic E-state index is 0.0921. The molecule has 0 radical (unpaired) electrons. The number of nitrogens with zero attached hydrogens (tertiary/aromatic N) is 2. The summed E-state index contributed by atoms with van der Waals surface area (Å²) in [5.74, 6) is 0.0921. The molecule has 4 rings (SSSR count). The van der Waals surface area contributed by atoms with Crippen LogP contribution in [0.3, 0.4) is 0 Å². The first-order chi connectivity index (χ1) is 13.2. The Kier molecular flexibility index (Phi) is 4.90. The molecule has 1 atom stereocenters. The van der Waals surface area contributed by atoms with Gasteiger partial charge in [-0.2, -0.15) is 0 Å². The van der Waals surface area contributed by atoms with Gasteiger partial charge in [0.2, 0.25) is 0 Å². The van der Waals surface area contributed by atoms with E-state index >= 15 is 0 Å². The van der Waals surface area contributed by atoms with Crippen molar-refractivity contribution < 1.29 is 9.53 Å². The number of ether oxygens (including phenoxy) is 1. The first-order valence-electron chi connectivity index (χ1n) is 9.43. The maximum absolute atomic E-state index is 13.0. The lowest BCUT2D eigenvalue weighted by Gasteiger charge is -2.24. The zero-order valence-corrected chi connectivity index (χ0v) is 15.8. The first-order valence-corrected chi connectivity index (χ1v) is 9.43. The molecule has 3 aromatic rings. The highest BCUT2D eigenvalue weighted by Crippen LogP contribution is 2.26. The Hall–Kier alpha value is -2.72. The van der Waals surface area contributed by atoms with Crippen molar-refractivity contribution in [2.75, 3.05) is 20.3 Å². The quantitative estimate of drug-likeness (QED) is 0.690. The van der Waals surface area contributed by atoms with E-state index < -0.39 is 0 Å². The largest absolute Gasteiger partial charge is 0.383 e. The fourth-order valence-electron chi connectivity index (χ4n) is 3.87. The number of pyridine rings is 1. The van der Waals surface area contributed by atoms with Gasteiger partial charge in [0.05, 0.1) is 18.2 Å². The smallest absolute Gasteiger partial charge is 0.254 e. The molecule has 0 unspecified atom stereocenters. The van der Waals surface area contributed by atoms with Crippen LogP contribution in [0.2, 0.25) is 0 Å². The SMILES string of the molecule is COC[C@@H]1CCCN1C(=O)c1cccc(-c2ccc3nc(C)ccc3c2)c1. The van der Waals surface area contributed by atoms with Gasteiger partial charge in [-0.15, -0.1) is 0 Å². The molecule has 1 aliphatic heterocycles. The molecule has 1 aliphatic rings. The van der Waals surface area contributed by atoms with Crippen molar-refractivity contribution in [2.45, 2.75) is 25.8 Å². The average molecular weight is 360 g/mol. The second kappa shape index (κ2) is 7.49. The summed E-state index contributed by atoms with van der Waals surface area (Å²) in [5, 5.41) is 1.11. The summed E-state index contributed by atoms with van der Waals surface area (Å²) in [7, 11) is 1.69. The molecule has 2 heterocycles. The van der Waals surface area contributed by atoms with Crippen molar-refractivity contribution in [3.8, 4) is 11.1 Å². The third kappa shape index (κ3) is 3.58. The van der Waals surface area contributed by atoms with Crippen LogP contribution in [-0.4, -0.2) is 42.1 Å². The van der Waals surface area contributed by atoms with Crippen molar-refractivity contribution in [1.29, 1.82) is 0 Å².